The lowest BCUT2D eigenvalue weighted by Gasteiger charge is -2.27. The Bertz CT molecular complexity index is 1330. The fourth-order valence-corrected chi connectivity index (χ4v) is 4.65. The van der Waals surface area contributed by atoms with Gasteiger partial charge in [-0.15, -0.1) is 0 Å². The molecule has 0 aliphatic rings. The number of hydrogen-bond donors (Lipinski definition) is 4. The molecule has 0 radical (unpaired) electrons. The number of halogens is 1. The summed E-state index contributed by atoms with van der Waals surface area (Å²) in [4.78, 5) is 77.2. The highest BCUT2D eigenvalue weighted by Crippen LogP contribution is 2.22. The van der Waals surface area contributed by atoms with Gasteiger partial charge in [-0.2, -0.15) is 0 Å². The van der Waals surface area contributed by atoms with Gasteiger partial charge in [0.15, 0.2) is 0 Å². The van der Waals surface area contributed by atoms with Gasteiger partial charge in [-0.3, -0.25) is 24.0 Å². The molecule has 0 saturated heterocycles. The van der Waals surface area contributed by atoms with Crippen LogP contribution < -0.4 is 21.3 Å². The molecule has 0 heterocycles. The standard InChI is InChI=1S/C31H39BrN4O7/c1-17(2)14-25(31(42)43-6)35-28(39)24(15-20-10-8-7-9-11-20)34-29(40)26(18(3)4)36-30(41)27(38)22-16-21(32)12-13-23(22)33-19(5)37/h7-13,16-18,24-26H,14-15H2,1-6H3,(H,33,37)(H,34,40)(H,35,39)(H,36,41)/t24-,25-,26-/m0/s1. The van der Waals surface area contributed by atoms with E-state index in [-0.39, 0.29) is 23.6 Å². The predicted molar refractivity (Wildman–Crippen MR) is 165 cm³/mol. The second-order valence-corrected chi connectivity index (χ2v) is 11.8. The van der Waals surface area contributed by atoms with E-state index in [0.717, 1.165) is 5.56 Å². The average molecular weight is 660 g/mol. The first-order valence-electron chi connectivity index (χ1n) is 13.9. The Morgan fingerprint density at radius 2 is 1.47 bits per heavy atom. The van der Waals surface area contributed by atoms with Crippen molar-refractivity contribution in [3.8, 4) is 0 Å². The van der Waals surface area contributed by atoms with Gasteiger partial charge in [-0.05, 0) is 42.0 Å². The molecule has 2 aromatic rings. The fourth-order valence-electron chi connectivity index (χ4n) is 4.29. The number of esters is 1. The van der Waals surface area contributed by atoms with Crippen LogP contribution in [0.1, 0.15) is 57.0 Å². The molecule has 0 spiro atoms. The molecule has 4 N–H and O–H groups in total. The van der Waals surface area contributed by atoms with Gasteiger partial charge in [0.25, 0.3) is 11.7 Å². The minimum Gasteiger partial charge on any atom is -0.467 e. The molecular formula is C31H39BrN4O7. The number of rotatable bonds is 14. The maximum Gasteiger partial charge on any atom is 0.328 e. The van der Waals surface area contributed by atoms with Crippen molar-refractivity contribution in [2.24, 2.45) is 11.8 Å². The quantitative estimate of drug-likeness (QED) is 0.138. The number of nitrogens with one attached hydrogen (secondary N) is 4. The fraction of sp³-hybridized carbons (Fsp3) is 0.419. The Kier molecular flexibility index (Phi) is 13.5. The van der Waals surface area contributed by atoms with Crippen LogP contribution in [0.25, 0.3) is 0 Å². The largest absolute Gasteiger partial charge is 0.467 e. The first kappa shape index (κ1) is 35.1. The minimum atomic E-state index is -1.19. The first-order valence-corrected chi connectivity index (χ1v) is 14.7. The average Bonchev–Trinajstić information content (AvgIpc) is 2.94. The number of carbonyl (C=O) groups is 6. The number of methoxy groups -OCH3 is 1. The van der Waals surface area contributed by atoms with Crippen LogP contribution in [0, 0.1) is 11.8 Å². The van der Waals surface area contributed by atoms with Gasteiger partial charge in [0.1, 0.15) is 18.1 Å². The molecule has 0 aliphatic heterocycles. The molecular weight excluding hydrogens is 620 g/mol. The number of hydrogen-bond acceptors (Lipinski definition) is 7. The SMILES string of the molecule is COC(=O)[C@H](CC(C)C)NC(=O)[C@H](Cc1ccccc1)NC(=O)[C@@H](NC(=O)C(=O)c1cc(Br)ccc1NC(C)=O)C(C)C. The van der Waals surface area contributed by atoms with Crippen molar-refractivity contribution in [1.29, 1.82) is 0 Å². The van der Waals surface area contributed by atoms with Crippen LogP contribution in [-0.4, -0.2) is 60.6 Å². The number of ketones is 1. The van der Waals surface area contributed by atoms with E-state index in [2.05, 4.69) is 37.2 Å². The molecule has 12 heteroatoms. The van der Waals surface area contributed by atoms with E-state index in [1.807, 2.05) is 19.9 Å². The van der Waals surface area contributed by atoms with Crippen LogP contribution in [0.3, 0.4) is 0 Å². The van der Waals surface area contributed by atoms with Crippen LogP contribution in [0.5, 0.6) is 0 Å². The zero-order valence-corrected chi connectivity index (χ0v) is 26.7. The molecule has 232 valence electrons. The normalized spacial score (nSPS) is 13.0. The van der Waals surface area contributed by atoms with Crippen LogP contribution in [0.4, 0.5) is 5.69 Å². The number of benzene rings is 2. The molecule has 0 aromatic heterocycles. The summed E-state index contributed by atoms with van der Waals surface area (Å²) in [6.45, 7) is 8.43. The molecule has 11 nitrogen and oxygen atoms in total. The second kappa shape index (κ2) is 16.5. The number of Topliss-reactive ketones (excluding diaryl/α,β-unsaturated/α-hetero) is 1. The van der Waals surface area contributed by atoms with Crippen LogP contribution >= 0.6 is 15.9 Å². The minimum absolute atomic E-state index is 0.0645. The van der Waals surface area contributed by atoms with E-state index in [4.69, 9.17) is 4.74 Å². The van der Waals surface area contributed by atoms with Gasteiger partial charge >= 0.3 is 5.97 Å². The molecule has 2 rings (SSSR count). The zero-order valence-electron chi connectivity index (χ0n) is 25.2. The summed E-state index contributed by atoms with van der Waals surface area (Å²) < 4.78 is 5.36. The Morgan fingerprint density at radius 3 is 2.02 bits per heavy atom. The summed E-state index contributed by atoms with van der Waals surface area (Å²) in [5.41, 5.74) is 0.828. The van der Waals surface area contributed by atoms with E-state index in [0.29, 0.717) is 10.9 Å². The maximum absolute atomic E-state index is 13.5. The van der Waals surface area contributed by atoms with Crippen molar-refractivity contribution in [1.82, 2.24) is 16.0 Å². The molecule has 2 aromatic carbocycles. The van der Waals surface area contributed by atoms with Gasteiger partial charge < -0.3 is 26.0 Å². The lowest BCUT2D eigenvalue weighted by molar-refractivity contribution is -0.146. The highest BCUT2D eigenvalue weighted by molar-refractivity contribution is 9.10. The van der Waals surface area contributed by atoms with Crippen LogP contribution in [0.2, 0.25) is 0 Å². The Labute approximate surface area is 260 Å². The second-order valence-electron chi connectivity index (χ2n) is 10.9. The number of anilines is 1. The van der Waals surface area contributed by atoms with Gasteiger partial charge in [-0.25, -0.2) is 4.79 Å². The third-order valence-electron chi connectivity index (χ3n) is 6.40. The molecule has 0 saturated carbocycles. The predicted octanol–water partition coefficient (Wildman–Crippen LogP) is 3.16. The molecule has 3 atom stereocenters. The molecule has 4 amide bonds. The van der Waals surface area contributed by atoms with Crippen molar-refractivity contribution in [2.75, 3.05) is 12.4 Å². The van der Waals surface area contributed by atoms with Crippen LogP contribution in [-0.2, 0) is 35.1 Å². The summed E-state index contributed by atoms with van der Waals surface area (Å²) in [5, 5.41) is 10.4. The first-order chi connectivity index (χ1) is 20.2. The molecule has 0 bridgehead atoms. The summed E-state index contributed by atoms with van der Waals surface area (Å²) in [7, 11) is 1.23. The van der Waals surface area contributed by atoms with Crippen LogP contribution in [0.15, 0.2) is 53.0 Å². The maximum atomic E-state index is 13.5. The lowest BCUT2D eigenvalue weighted by Crippen LogP contribution is -2.58. The van der Waals surface area contributed by atoms with E-state index in [1.165, 1.54) is 26.2 Å². The molecule has 0 aliphatic carbocycles. The van der Waals surface area contributed by atoms with Crippen molar-refractivity contribution >= 4 is 57.0 Å². The van der Waals surface area contributed by atoms with Crippen molar-refractivity contribution in [2.45, 2.75) is 65.6 Å². The van der Waals surface area contributed by atoms with Gasteiger partial charge in [0, 0.05) is 17.8 Å². The van der Waals surface area contributed by atoms with Gasteiger partial charge in [-0.1, -0.05) is 74.0 Å². The number of carbonyl (C=O) groups excluding carboxylic acids is 6. The van der Waals surface area contributed by atoms with Crippen molar-refractivity contribution < 1.29 is 33.5 Å². The van der Waals surface area contributed by atoms with Gasteiger partial charge in [0.2, 0.25) is 17.7 Å². The Morgan fingerprint density at radius 1 is 0.837 bits per heavy atom. The number of ether oxygens (including phenoxy) is 1. The highest BCUT2D eigenvalue weighted by atomic mass is 79.9. The van der Waals surface area contributed by atoms with Crippen molar-refractivity contribution in [3.05, 3.63) is 64.1 Å². The molecule has 0 unspecified atom stereocenters. The summed E-state index contributed by atoms with van der Waals surface area (Å²) in [6, 6.07) is 10.3. The summed E-state index contributed by atoms with van der Waals surface area (Å²) in [5.74, 6) is -4.76. The van der Waals surface area contributed by atoms with E-state index < -0.39 is 59.4 Å². The van der Waals surface area contributed by atoms with E-state index in [9.17, 15) is 28.8 Å². The Hall–Kier alpha value is -4.06. The van der Waals surface area contributed by atoms with Gasteiger partial charge in [0.05, 0.1) is 18.4 Å². The topological polar surface area (TPSA) is 160 Å². The zero-order chi connectivity index (χ0) is 32.3. The lowest BCUT2D eigenvalue weighted by atomic mass is 9.99. The molecule has 43 heavy (non-hydrogen) atoms. The summed E-state index contributed by atoms with van der Waals surface area (Å²) in [6.07, 6.45) is 0.428. The monoisotopic (exact) mass is 658 g/mol. The number of amides is 4. The third-order valence-corrected chi connectivity index (χ3v) is 6.90. The molecule has 0 fully saturated rings. The van der Waals surface area contributed by atoms with Crippen molar-refractivity contribution in [3.63, 3.8) is 0 Å². The van der Waals surface area contributed by atoms with E-state index >= 15 is 0 Å². The highest BCUT2D eigenvalue weighted by Gasteiger charge is 2.33. The van der Waals surface area contributed by atoms with E-state index in [1.54, 1.807) is 44.2 Å². The third kappa shape index (κ3) is 10.9. The Balaban J connectivity index is 2.31. The summed E-state index contributed by atoms with van der Waals surface area (Å²) >= 11 is 3.26. The smallest absolute Gasteiger partial charge is 0.328 e.